The normalized spacial score (nSPS) is 19.2. The van der Waals surface area contributed by atoms with Crippen molar-refractivity contribution in [2.24, 2.45) is 5.92 Å². The van der Waals surface area contributed by atoms with Crippen molar-refractivity contribution >= 4 is 21.8 Å². The minimum absolute atomic E-state index is 0.174. The van der Waals surface area contributed by atoms with Crippen molar-refractivity contribution in [3.05, 3.63) is 29.6 Å². The number of hydrogen-bond acceptors (Lipinski definition) is 5. The summed E-state index contributed by atoms with van der Waals surface area (Å²) in [4.78, 5) is 24.3. The third-order valence-electron chi connectivity index (χ3n) is 5.07. The molecule has 8 nitrogen and oxygen atoms in total. The molecule has 0 atom stereocenters. The van der Waals surface area contributed by atoms with Gasteiger partial charge in [0, 0.05) is 19.0 Å². The summed E-state index contributed by atoms with van der Waals surface area (Å²) in [6.07, 6.45) is 4.52. The molecule has 28 heavy (non-hydrogen) atoms. The van der Waals surface area contributed by atoms with E-state index >= 15 is 0 Å². The Balaban J connectivity index is 1.70. The lowest BCUT2D eigenvalue weighted by Crippen LogP contribution is -2.45. The van der Waals surface area contributed by atoms with Crippen molar-refractivity contribution in [2.75, 3.05) is 26.3 Å². The molecule has 1 aromatic rings. The second-order valence-electron chi connectivity index (χ2n) is 6.94. The molecule has 1 aromatic carbocycles. The Morgan fingerprint density at radius 2 is 1.75 bits per heavy atom. The van der Waals surface area contributed by atoms with Gasteiger partial charge in [-0.3, -0.25) is 20.4 Å². The topological polar surface area (TPSA) is 105 Å². The third kappa shape index (κ3) is 4.68. The lowest BCUT2D eigenvalue weighted by atomic mass is 9.89. The number of carbonyl (C=O) groups excluding carboxylic acids is 2. The Hall–Kier alpha value is -2.04. The molecule has 0 aromatic heterocycles. The van der Waals surface area contributed by atoms with Gasteiger partial charge in [-0.2, -0.15) is 4.31 Å². The predicted octanol–water partition coefficient (Wildman–Crippen LogP) is 1.19. The van der Waals surface area contributed by atoms with Gasteiger partial charge in [-0.25, -0.2) is 12.8 Å². The van der Waals surface area contributed by atoms with Crippen molar-refractivity contribution in [1.29, 1.82) is 0 Å². The van der Waals surface area contributed by atoms with Crippen LogP contribution in [0, 0.1) is 11.7 Å². The summed E-state index contributed by atoms with van der Waals surface area (Å²) in [6.45, 7) is 0.944. The minimum atomic E-state index is -3.86. The molecule has 1 aliphatic carbocycles. The molecule has 2 N–H and O–H groups in total. The van der Waals surface area contributed by atoms with E-state index in [1.54, 1.807) is 0 Å². The van der Waals surface area contributed by atoms with Crippen molar-refractivity contribution in [1.82, 2.24) is 15.2 Å². The first-order valence-corrected chi connectivity index (χ1v) is 10.8. The van der Waals surface area contributed by atoms with Gasteiger partial charge in [0.25, 0.3) is 5.91 Å². The standard InChI is InChI=1S/C18H24FN3O5S/c19-16-7-6-14(28(25,26)22-8-10-27-11-9-22)12-15(16)18(24)21-20-17(23)13-4-2-1-3-5-13/h6-7,12-13H,1-5,8-11H2,(H,20,23)(H,21,24). The molecule has 1 saturated heterocycles. The summed E-state index contributed by atoms with van der Waals surface area (Å²) in [5.74, 6) is -2.26. The highest BCUT2D eigenvalue weighted by Crippen LogP contribution is 2.23. The van der Waals surface area contributed by atoms with E-state index in [4.69, 9.17) is 4.74 Å². The van der Waals surface area contributed by atoms with Crippen LogP contribution in [0.15, 0.2) is 23.1 Å². The lowest BCUT2D eigenvalue weighted by Gasteiger charge is -2.26. The van der Waals surface area contributed by atoms with Gasteiger partial charge in [-0.05, 0) is 31.0 Å². The molecule has 1 aliphatic heterocycles. The van der Waals surface area contributed by atoms with Crippen molar-refractivity contribution in [3.8, 4) is 0 Å². The summed E-state index contributed by atoms with van der Waals surface area (Å²) < 4.78 is 45.9. The van der Waals surface area contributed by atoms with Gasteiger partial charge in [-0.15, -0.1) is 0 Å². The molecule has 0 spiro atoms. The number of halogens is 1. The molecule has 0 unspecified atom stereocenters. The Morgan fingerprint density at radius 3 is 2.43 bits per heavy atom. The predicted molar refractivity (Wildman–Crippen MR) is 98.2 cm³/mol. The average molecular weight is 413 g/mol. The highest BCUT2D eigenvalue weighted by Gasteiger charge is 2.28. The molecule has 2 fully saturated rings. The van der Waals surface area contributed by atoms with E-state index in [0.717, 1.165) is 50.3 Å². The van der Waals surface area contributed by atoms with Crippen LogP contribution >= 0.6 is 0 Å². The average Bonchev–Trinajstić information content (AvgIpc) is 2.73. The van der Waals surface area contributed by atoms with Crippen molar-refractivity contribution in [2.45, 2.75) is 37.0 Å². The van der Waals surface area contributed by atoms with Crippen molar-refractivity contribution in [3.63, 3.8) is 0 Å². The number of morpholine rings is 1. The summed E-state index contributed by atoms with van der Waals surface area (Å²) in [5, 5.41) is 0. The lowest BCUT2D eigenvalue weighted by molar-refractivity contribution is -0.126. The monoisotopic (exact) mass is 413 g/mol. The molecule has 0 bridgehead atoms. The fraction of sp³-hybridized carbons (Fsp3) is 0.556. The SMILES string of the molecule is O=C(NNC(=O)C1CCCCC1)c1cc(S(=O)(=O)N2CCOCC2)ccc1F. The summed E-state index contributed by atoms with van der Waals surface area (Å²) >= 11 is 0. The van der Waals surface area contributed by atoms with Crippen LogP contribution < -0.4 is 10.9 Å². The van der Waals surface area contributed by atoms with E-state index in [1.807, 2.05) is 0 Å². The van der Waals surface area contributed by atoms with Crippen LogP contribution in [0.2, 0.25) is 0 Å². The van der Waals surface area contributed by atoms with Gasteiger partial charge in [0.1, 0.15) is 5.82 Å². The fourth-order valence-electron chi connectivity index (χ4n) is 3.43. The number of benzene rings is 1. The highest BCUT2D eigenvalue weighted by atomic mass is 32.2. The number of ether oxygens (including phenoxy) is 1. The second kappa shape index (κ2) is 8.97. The van der Waals surface area contributed by atoms with Crippen LogP contribution in [-0.4, -0.2) is 50.8 Å². The first-order chi connectivity index (χ1) is 13.4. The summed E-state index contributed by atoms with van der Waals surface area (Å²) in [6, 6.07) is 3.05. The Labute approximate surface area is 163 Å². The zero-order chi connectivity index (χ0) is 20.1. The van der Waals surface area contributed by atoms with E-state index in [1.165, 1.54) is 4.31 Å². The highest BCUT2D eigenvalue weighted by molar-refractivity contribution is 7.89. The Morgan fingerprint density at radius 1 is 1.07 bits per heavy atom. The van der Waals surface area contributed by atoms with E-state index in [9.17, 15) is 22.4 Å². The zero-order valence-electron chi connectivity index (χ0n) is 15.4. The zero-order valence-corrected chi connectivity index (χ0v) is 16.3. The number of amides is 2. The minimum Gasteiger partial charge on any atom is -0.379 e. The van der Waals surface area contributed by atoms with E-state index in [0.29, 0.717) is 0 Å². The Bertz CT molecular complexity index is 834. The van der Waals surface area contributed by atoms with E-state index in [-0.39, 0.29) is 43.0 Å². The first kappa shape index (κ1) is 20.7. The smallest absolute Gasteiger partial charge is 0.272 e. The van der Waals surface area contributed by atoms with Gasteiger partial charge in [0.15, 0.2) is 0 Å². The number of nitrogens with zero attached hydrogens (tertiary/aromatic N) is 1. The van der Waals surface area contributed by atoms with Gasteiger partial charge in [0.05, 0.1) is 23.7 Å². The molecular weight excluding hydrogens is 389 g/mol. The summed E-state index contributed by atoms with van der Waals surface area (Å²) in [7, 11) is -3.86. The van der Waals surface area contributed by atoms with Crippen LogP contribution in [-0.2, 0) is 19.6 Å². The number of rotatable bonds is 4. The molecule has 2 amide bonds. The van der Waals surface area contributed by atoms with E-state index < -0.39 is 27.3 Å². The molecule has 10 heteroatoms. The number of hydrazine groups is 1. The molecule has 2 aliphatic rings. The number of carbonyl (C=O) groups is 2. The maximum atomic E-state index is 14.1. The molecule has 154 valence electrons. The molecular formula is C18H24FN3O5S. The molecule has 1 heterocycles. The van der Waals surface area contributed by atoms with Gasteiger partial charge >= 0.3 is 0 Å². The maximum Gasteiger partial charge on any atom is 0.272 e. The van der Waals surface area contributed by atoms with Crippen LogP contribution in [0.5, 0.6) is 0 Å². The van der Waals surface area contributed by atoms with Gasteiger partial charge in [-0.1, -0.05) is 19.3 Å². The molecule has 0 radical (unpaired) electrons. The molecule has 3 rings (SSSR count). The quantitative estimate of drug-likeness (QED) is 0.722. The largest absolute Gasteiger partial charge is 0.379 e. The number of nitrogens with one attached hydrogen (secondary N) is 2. The first-order valence-electron chi connectivity index (χ1n) is 9.37. The van der Waals surface area contributed by atoms with Gasteiger partial charge < -0.3 is 4.74 Å². The third-order valence-corrected chi connectivity index (χ3v) is 6.96. The maximum absolute atomic E-state index is 14.1. The van der Waals surface area contributed by atoms with Gasteiger partial charge in [0.2, 0.25) is 15.9 Å². The van der Waals surface area contributed by atoms with Crippen LogP contribution in [0.4, 0.5) is 4.39 Å². The number of sulfonamides is 1. The molecule has 1 saturated carbocycles. The van der Waals surface area contributed by atoms with Crippen LogP contribution in [0.3, 0.4) is 0 Å². The summed E-state index contributed by atoms with van der Waals surface area (Å²) in [5.41, 5.74) is 4.06. The Kier molecular flexibility index (Phi) is 6.63. The van der Waals surface area contributed by atoms with Crippen molar-refractivity contribution < 1.29 is 27.1 Å². The van der Waals surface area contributed by atoms with Crippen LogP contribution in [0.25, 0.3) is 0 Å². The fourth-order valence-corrected chi connectivity index (χ4v) is 4.86. The second-order valence-corrected chi connectivity index (χ2v) is 8.87. The van der Waals surface area contributed by atoms with E-state index in [2.05, 4.69) is 10.9 Å². The number of hydrogen-bond donors (Lipinski definition) is 2. The van der Waals surface area contributed by atoms with Crippen LogP contribution in [0.1, 0.15) is 42.5 Å².